The number of alkyl halides is 4. The number of halogens is 4. The molecule has 0 spiro atoms. The van der Waals surface area contributed by atoms with Crippen molar-refractivity contribution in [3.05, 3.63) is 59.2 Å². The molecule has 0 aromatic heterocycles. The highest BCUT2D eigenvalue weighted by Crippen LogP contribution is 2.45. The molecule has 3 atom stereocenters. The van der Waals surface area contributed by atoms with Crippen LogP contribution in [0.25, 0.3) is 0 Å². The van der Waals surface area contributed by atoms with E-state index in [1.807, 2.05) is 12.1 Å². The number of aliphatic carboxylic acids is 1. The normalized spacial score (nSPS) is 24.6. The van der Waals surface area contributed by atoms with Crippen molar-refractivity contribution in [2.75, 3.05) is 51.8 Å². The number of anilines is 1. The van der Waals surface area contributed by atoms with Crippen molar-refractivity contribution in [1.82, 2.24) is 9.80 Å². The molecule has 1 amide bonds. The number of rotatable bonds is 10. The molecule has 1 N–H and O–H groups in total. The summed E-state index contributed by atoms with van der Waals surface area (Å²) >= 11 is 0. The van der Waals surface area contributed by atoms with Gasteiger partial charge in [-0.3, -0.25) is 14.5 Å². The monoisotopic (exact) mass is 619 g/mol. The van der Waals surface area contributed by atoms with Crippen molar-refractivity contribution in [3.63, 3.8) is 0 Å². The van der Waals surface area contributed by atoms with Crippen LogP contribution in [0.1, 0.15) is 73.5 Å². The minimum absolute atomic E-state index is 0.0200. The van der Waals surface area contributed by atoms with Crippen LogP contribution in [0.15, 0.2) is 42.5 Å². The number of likely N-dealkylation sites (tertiary alicyclic amines) is 2. The Hall–Kier alpha value is -3.34. The number of carboxylic acid groups (broad SMARTS) is 1. The molecule has 3 fully saturated rings. The van der Waals surface area contributed by atoms with Gasteiger partial charge in [0.05, 0.1) is 12.7 Å². The summed E-state index contributed by atoms with van der Waals surface area (Å²) in [6.07, 6.45) is 0.275. The van der Waals surface area contributed by atoms with Gasteiger partial charge in [0.15, 0.2) is 0 Å². The molecular weight excluding hydrogens is 578 g/mol. The molecule has 2 aromatic rings. The predicted octanol–water partition coefficient (Wildman–Crippen LogP) is 6.08. The first-order chi connectivity index (χ1) is 20.9. The number of carboxylic acids is 1. The lowest BCUT2D eigenvalue weighted by molar-refractivity contribution is -0.143. The minimum Gasteiger partial charge on any atom is -0.497 e. The SMILES string of the molecule is COc1ccc([C@@H]2CN(C3CCCC3)C[C@@]2(F)C(=O)N2CC[C@@H](c3ccc(C(F)(F)F)cc3N(C)CCCC(=O)O)C2)cc1. The lowest BCUT2D eigenvalue weighted by Crippen LogP contribution is -2.50. The zero-order chi connectivity index (χ0) is 31.6. The predicted molar refractivity (Wildman–Crippen MR) is 159 cm³/mol. The number of nitrogens with zero attached hydrogens (tertiary/aromatic N) is 3. The Morgan fingerprint density at radius 3 is 2.41 bits per heavy atom. The zero-order valence-corrected chi connectivity index (χ0v) is 25.3. The Bertz CT molecular complexity index is 1330. The second kappa shape index (κ2) is 12.9. The van der Waals surface area contributed by atoms with Crippen LogP contribution in [0.3, 0.4) is 0 Å². The maximum atomic E-state index is 17.3. The Labute approximate surface area is 255 Å². The topological polar surface area (TPSA) is 73.3 Å². The van der Waals surface area contributed by atoms with Gasteiger partial charge in [-0.05, 0) is 61.1 Å². The Morgan fingerprint density at radius 1 is 1.07 bits per heavy atom. The van der Waals surface area contributed by atoms with E-state index in [4.69, 9.17) is 9.84 Å². The van der Waals surface area contributed by atoms with Crippen molar-refractivity contribution in [2.24, 2.45) is 0 Å². The fourth-order valence-corrected chi connectivity index (χ4v) is 7.26. The summed E-state index contributed by atoms with van der Waals surface area (Å²) in [5, 5.41) is 9.02. The van der Waals surface area contributed by atoms with E-state index in [2.05, 4.69) is 4.90 Å². The van der Waals surface area contributed by atoms with E-state index in [0.29, 0.717) is 36.5 Å². The van der Waals surface area contributed by atoms with Gasteiger partial charge in [0, 0.05) is 69.8 Å². The smallest absolute Gasteiger partial charge is 0.416 e. The number of benzene rings is 2. The molecule has 2 saturated heterocycles. The first-order valence-corrected chi connectivity index (χ1v) is 15.4. The number of amides is 1. The van der Waals surface area contributed by atoms with Crippen LogP contribution >= 0.6 is 0 Å². The highest BCUT2D eigenvalue weighted by molar-refractivity contribution is 5.88. The quantitative estimate of drug-likeness (QED) is 0.325. The van der Waals surface area contributed by atoms with Crippen molar-refractivity contribution in [2.45, 2.75) is 74.7 Å². The molecule has 5 rings (SSSR count). The standard InChI is InChI=1S/C33H41F4N3O4/c1-38(16-5-8-30(41)42)29-18-24(33(35,36)37)11-14-27(29)23-15-17-39(19-23)31(43)32(34)21-40(25-6-3-4-7-25)20-28(32)22-9-12-26(44-2)13-10-22/h9-14,18,23,25,28H,3-8,15-17,19-21H2,1-2H3,(H,41,42)/t23-,28+,32+/m1/s1. The largest absolute Gasteiger partial charge is 0.497 e. The second-order valence-electron chi connectivity index (χ2n) is 12.5. The molecule has 0 unspecified atom stereocenters. The van der Waals surface area contributed by atoms with Crippen LogP contribution in [0.4, 0.5) is 23.2 Å². The summed E-state index contributed by atoms with van der Waals surface area (Å²) in [4.78, 5) is 30.4. The van der Waals surface area contributed by atoms with E-state index in [1.165, 1.54) is 6.07 Å². The van der Waals surface area contributed by atoms with Gasteiger partial charge in [-0.1, -0.05) is 31.0 Å². The zero-order valence-electron chi connectivity index (χ0n) is 25.3. The van der Waals surface area contributed by atoms with Gasteiger partial charge in [-0.2, -0.15) is 13.2 Å². The summed E-state index contributed by atoms with van der Waals surface area (Å²) in [5.74, 6) is -1.82. The minimum atomic E-state index is -4.54. The van der Waals surface area contributed by atoms with Crippen LogP contribution < -0.4 is 9.64 Å². The fourth-order valence-electron chi connectivity index (χ4n) is 7.26. The molecule has 2 aromatic carbocycles. The van der Waals surface area contributed by atoms with E-state index in [9.17, 15) is 22.8 Å². The van der Waals surface area contributed by atoms with E-state index in [-0.39, 0.29) is 44.4 Å². The number of hydrogen-bond acceptors (Lipinski definition) is 5. The molecule has 2 heterocycles. The van der Waals surface area contributed by atoms with Crippen molar-refractivity contribution >= 4 is 17.6 Å². The van der Waals surface area contributed by atoms with Gasteiger partial charge < -0.3 is 19.6 Å². The third-order valence-corrected chi connectivity index (χ3v) is 9.69. The molecule has 0 radical (unpaired) electrons. The van der Waals surface area contributed by atoms with Gasteiger partial charge in [0.2, 0.25) is 5.67 Å². The summed E-state index contributed by atoms with van der Waals surface area (Å²) in [5.41, 5.74) is -1.20. The van der Waals surface area contributed by atoms with E-state index in [0.717, 1.165) is 43.4 Å². The maximum absolute atomic E-state index is 17.3. The average Bonchev–Trinajstić information content (AvgIpc) is 3.77. The molecule has 0 bridgehead atoms. The maximum Gasteiger partial charge on any atom is 0.416 e. The van der Waals surface area contributed by atoms with Crippen LogP contribution in [0, 0.1) is 0 Å². The third kappa shape index (κ3) is 6.67. The van der Waals surface area contributed by atoms with Crippen LogP contribution in [-0.4, -0.2) is 85.4 Å². The molecule has 44 heavy (non-hydrogen) atoms. The first-order valence-electron chi connectivity index (χ1n) is 15.4. The van der Waals surface area contributed by atoms with E-state index < -0.39 is 35.2 Å². The average molecular weight is 620 g/mol. The number of carbonyl (C=O) groups excluding carboxylic acids is 1. The van der Waals surface area contributed by atoms with Gasteiger partial charge >= 0.3 is 12.1 Å². The van der Waals surface area contributed by atoms with Crippen molar-refractivity contribution in [3.8, 4) is 5.75 Å². The summed E-state index contributed by atoms with van der Waals surface area (Å²) in [6, 6.07) is 11.0. The van der Waals surface area contributed by atoms with Crippen LogP contribution in [-0.2, 0) is 15.8 Å². The molecule has 2 aliphatic heterocycles. The van der Waals surface area contributed by atoms with Gasteiger partial charge in [0.1, 0.15) is 5.75 Å². The Balaban J connectivity index is 1.39. The number of methoxy groups -OCH3 is 1. The highest BCUT2D eigenvalue weighted by Gasteiger charge is 2.57. The molecule has 240 valence electrons. The summed E-state index contributed by atoms with van der Waals surface area (Å²) in [6.45, 7) is 1.22. The number of hydrogen-bond donors (Lipinski definition) is 1. The Morgan fingerprint density at radius 2 is 1.77 bits per heavy atom. The van der Waals surface area contributed by atoms with Crippen LogP contribution in [0.5, 0.6) is 5.75 Å². The van der Waals surface area contributed by atoms with Crippen molar-refractivity contribution < 1.29 is 37.0 Å². The molecular formula is C33H41F4N3O4. The molecule has 11 heteroatoms. The van der Waals surface area contributed by atoms with E-state index in [1.54, 1.807) is 36.1 Å². The highest BCUT2D eigenvalue weighted by atomic mass is 19.4. The summed E-state index contributed by atoms with van der Waals surface area (Å²) in [7, 11) is 3.21. The van der Waals surface area contributed by atoms with Crippen molar-refractivity contribution in [1.29, 1.82) is 0 Å². The molecule has 1 aliphatic carbocycles. The summed E-state index contributed by atoms with van der Waals surface area (Å²) < 4.78 is 63.5. The van der Waals surface area contributed by atoms with Gasteiger partial charge in [-0.15, -0.1) is 0 Å². The lowest BCUT2D eigenvalue weighted by atomic mass is 9.85. The lowest BCUT2D eigenvalue weighted by Gasteiger charge is -2.31. The molecule has 3 aliphatic rings. The second-order valence-corrected chi connectivity index (χ2v) is 12.5. The molecule has 1 saturated carbocycles. The van der Waals surface area contributed by atoms with E-state index >= 15 is 4.39 Å². The number of ether oxygens (including phenoxy) is 1. The fraction of sp³-hybridized carbons (Fsp3) is 0.576. The third-order valence-electron chi connectivity index (χ3n) is 9.69. The molecule has 7 nitrogen and oxygen atoms in total. The first kappa shape index (κ1) is 32.1. The van der Waals surface area contributed by atoms with Gasteiger partial charge in [0.25, 0.3) is 5.91 Å². The Kier molecular flexibility index (Phi) is 9.44. The van der Waals surface area contributed by atoms with Gasteiger partial charge in [-0.25, -0.2) is 4.39 Å². The van der Waals surface area contributed by atoms with Crippen LogP contribution in [0.2, 0.25) is 0 Å². The number of carbonyl (C=O) groups is 2.